The minimum absolute atomic E-state index is 0.299. The van der Waals surface area contributed by atoms with Crippen LogP contribution < -0.4 is 9.47 Å². The molecule has 182 valence electrons. The van der Waals surface area contributed by atoms with Crippen molar-refractivity contribution in [3.05, 3.63) is 88.1 Å². The van der Waals surface area contributed by atoms with E-state index < -0.39 is 17.9 Å². The Morgan fingerprint density at radius 1 is 1.14 bits per heavy atom. The number of thiophene rings is 1. The Kier molecular flexibility index (Phi) is 7.61. The normalized spacial score (nSPS) is 13.3. The molecule has 2 aromatic carbocycles. The molecule has 8 heteroatoms. The van der Waals surface area contributed by atoms with Crippen LogP contribution in [0.2, 0.25) is 0 Å². The number of esters is 1. The van der Waals surface area contributed by atoms with Gasteiger partial charge in [-0.2, -0.15) is 0 Å². The minimum Gasteiger partial charge on any atom is -0.481 e. The Morgan fingerprint density at radius 3 is 2.31 bits per heavy atom. The highest BCUT2D eigenvalue weighted by Crippen LogP contribution is 2.39. The number of alkyl halides is 3. The third kappa shape index (κ3) is 6.25. The first-order chi connectivity index (χ1) is 16.5. The van der Waals surface area contributed by atoms with Crippen LogP contribution in [0.3, 0.4) is 0 Å². The maximum Gasteiger partial charge on any atom is 0.573 e. The van der Waals surface area contributed by atoms with Gasteiger partial charge in [-0.05, 0) is 67.7 Å². The Hall–Kier alpha value is -3.70. The Balaban J connectivity index is 1.70. The van der Waals surface area contributed by atoms with Crippen LogP contribution in [0.15, 0.2) is 66.6 Å². The summed E-state index contributed by atoms with van der Waals surface area (Å²) in [5.74, 6) is 2.24. The summed E-state index contributed by atoms with van der Waals surface area (Å²) in [4.78, 5) is 14.6. The van der Waals surface area contributed by atoms with Gasteiger partial charge in [0, 0.05) is 28.7 Å². The SMILES string of the molecule is C#Cc1ccc[s+]1-c1cc(C)c(OCC(=O)OC(C)(C=C)c2ccc(OC(F)(F)F)cc2)c(C)c1. The van der Waals surface area contributed by atoms with Gasteiger partial charge in [-0.1, -0.05) is 18.7 Å². The molecule has 35 heavy (non-hydrogen) atoms. The van der Waals surface area contributed by atoms with Crippen molar-refractivity contribution in [2.45, 2.75) is 32.7 Å². The number of rotatable bonds is 8. The van der Waals surface area contributed by atoms with Crippen LogP contribution in [-0.2, 0) is 15.1 Å². The van der Waals surface area contributed by atoms with Gasteiger partial charge in [-0.3, -0.25) is 0 Å². The number of aryl methyl sites for hydroxylation is 2. The number of carbonyl (C=O) groups excluding carboxylic acids is 1. The predicted octanol–water partition coefficient (Wildman–Crippen LogP) is 6.95. The Labute approximate surface area is 204 Å². The van der Waals surface area contributed by atoms with Crippen LogP contribution >= 0.6 is 10.5 Å². The molecular formula is C27H24F3O4S+. The monoisotopic (exact) mass is 501 g/mol. The highest BCUT2D eigenvalue weighted by atomic mass is 32.2. The molecule has 3 rings (SSSR count). The Bertz CT molecular complexity index is 1250. The molecule has 0 spiro atoms. The smallest absolute Gasteiger partial charge is 0.481 e. The van der Waals surface area contributed by atoms with E-state index in [-0.39, 0.29) is 22.8 Å². The molecule has 0 aliphatic carbocycles. The van der Waals surface area contributed by atoms with E-state index in [2.05, 4.69) is 22.6 Å². The number of ether oxygens (including phenoxy) is 3. The van der Waals surface area contributed by atoms with E-state index >= 15 is 0 Å². The van der Waals surface area contributed by atoms with Gasteiger partial charge in [-0.25, -0.2) is 4.79 Å². The van der Waals surface area contributed by atoms with Crippen molar-refractivity contribution in [2.75, 3.05) is 6.61 Å². The molecule has 1 heterocycles. The summed E-state index contributed by atoms with van der Waals surface area (Å²) in [5.41, 5.74) is 0.849. The van der Waals surface area contributed by atoms with E-state index in [0.717, 1.165) is 33.0 Å². The van der Waals surface area contributed by atoms with E-state index in [9.17, 15) is 18.0 Å². The van der Waals surface area contributed by atoms with Crippen molar-refractivity contribution in [2.24, 2.45) is 0 Å². The lowest BCUT2D eigenvalue weighted by atomic mass is 9.96. The van der Waals surface area contributed by atoms with Gasteiger partial charge in [0.2, 0.25) is 4.88 Å². The number of hydrogen-bond acceptors (Lipinski definition) is 4. The summed E-state index contributed by atoms with van der Waals surface area (Å²) in [6, 6.07) is 12.9. The molecule has 0 amide bonds. The molecule has 0 aliphatic heterocycles. The molecular weight excluding hydrogens is 477 g/mol. The number of halogens is 3. The van der Waals surface area contributed by atoms with E-state index in [1.54, 1.807) is 6.92 Å². The average Bonchev–Trinajstić information content (AvgIpc) is 3.26. The molecule has 0 saturated heterocycles. The van der Waals surface area contributed by atoms with Crippen LogP contribution in [0.1, 0.15) is 28.5 Å². The van der Waals surface area contributed by atoms with Crippen LogP contribution in [-0.4, -0.2) is 18.9 Å². The van der Waals surface area contributed by atoms with Crippen LogP contribution in [0.5, 0.6) is 11.5 Å². The maximum atomic E-state index is 12.6. The fourth-order valence-corrected chi connectivity index (χ4v) is 5.29. The molecule has 0 N–H and O–H groups in total. The third-order valence-corrected chi connectivity index (χ3v) is 7.14. The molecule has 0 aliphatic rings. The molecule has 0 bridgehead atoms. The van der Waals surface area contributed by atoms with Crippen molar-refractivity contribution in [3.8, 4) is 28.7 Å². The zero-order chi connectivity index (χ0) is 25.8. The largest absolute Gasteiger partial charge is 0.573 e. The first-order valence-electron chi connectivity index (χ1n) is 10.5. The summed E-state index contributed by atoms with van der Waals surface area (Å²) < 4.78 is 52.4. The van der Waals surface area contributed by atoms with Crippen molar-refractivity contribution in [3.63, 3.8) is 0 Å². The summed E-state index contributed by atoms with van der Waals surface area (Å²) in [6.45, 7) is 8.69. The molecule has 4 nitrogen and oxygen atoms in total. The summed E-state index contributed by atoms with van der Waals surface area (Å²) >= 11 is 0. The van der Waals surface area contributed by atoms with Crippen molar-refractivity contribution < 1.29 is 32.2 Å². The van der Waals surface area contributed by atoms with Gasteiger partial charge in [0.1, 0.15) is 16.9 Å². The lowest BCUT2D eigenvalue weighted by Gasteiger charge is -2.27. The molecule has 0 fully saturated rings. The summed E-state index contributed by atoms with van der Waals surface area (Å²) in [5, 5.41) is 2.05. The highest BCUT2D eigenvalue weighted by Gasteiger charge is 2.32. The second-order valence-electron chi connectivity index (χ2n) is 7.87. The predicted molar refractivity (Wildman–Crippen MR) is 130 cm³/mol. The van der Waals surface area contributed by atoms with Gasteiger partial charge in [-0.15, -0.1) is 19.6 Å². The molecule has 2 unspecified atom stereocenters. The maximum absolute atomic E-state index is 12.6. The highest BCUT2D eigenvalue weighted by molar-refractivity contribution is 7.38. The third-order valence-electron chi connectivity index (χ3n) is 5.24. The fraction of sp³-hybridized carbons (Fsp3) is 0.222. The number of hydrogen-bond donors (Lipinski definition) is 0. The second kappa shape index (κ2) is 10.3. The molecule has 0 saturated carbocycles. The first-order valence-corrected chi connectivity index (χ1v) is 11.8. The van der Waals surface area contributed by atoms with Gasteiger partial charge in [0.25, 0.3) is 0 Å². The van der Waals surface area contributed by atoms with Gasteiger partial charge < -0.3 is 14.2 Å². The summed E-state index contributed by atoms with van der Waals surface area (Å²) in [6.07, 6.45) is 2.19. The lowest BCUT2D eigenvalue weighted by Crippen LogP contribution is -2.29. The summed E-state index contributed by atoms with van der Waals surface area (Å²) in [7, 11) is -0.299. The van der Waals surface area contributed by atoms with Crippen molar-refractivity contribution in [1.29, 1.82) is 0 Å². The first kappa shape index (κ1) is 25.9. The molecule has 2 atom stereocenters. The van der Waals surface area contributed by atoms with Crippen molar-refractivity contribution in [1.82, 2.24) is 0 Å². The van der Waals surface area contributed by atoms with Crippen molar-refractivity contribution >= 4 is 16.4 Å². The van der Waals surface area contributed by atoms with E-state index in [1.165, 1.54) is 18.2 Å². The van der Waals surface area contributed by atoms with Gasteiger partial charge in [0.15, 0.2) is 17.1 Å². The number of benzene rings is 2. The van der Waals surface area contributed by atoms with Crippen LogP contribution in [0.4, 0.5) is 13.2 Å². The van der Waals surface area contributed by atoms with Gasteiger partial charge >= 0.3 is 12.3 Å². The average molecular weight is 502 g/mol. The molecule has 1 aromatic heterocycles. The number of terminal acetylenes is 1. The zero-order valence-electron chi connectivity index (χ0n) is 19.4. The molecule has 3 aromatic rings. The second-order valence-corrected chi connectivity index (χ2v) is 9.73. The lowest BCUT2D eigenvalue weighted by molar-refractivity contribution is -0.274. The Morgan fingerprint density at radius 2 is 1.77 bits per heavy atom. The van der Waals surface area contributed by atoms with E-state index in [1.807, 2.05) is 38.1 Å². The van der Waals surface area contributed by atoms with E-state index in [4.69, 9.17) is 15.9 Å². The zero-order valence-corrected chi connectivity index (χ0v) is 20.3. The topological polar surface area (TPSA) is 44.8 Å². The van der Waals surface area contributed by atoms with Crippen LogP contribution in [0.25, 0.3) is 4.90 Å². The molecule has 0 radical (unpaired) electrons. The minimum atomic E-state index is -4.80. The standard InChI is InChI=1S/C27H24F3O4S/c1-6-22-9-8-14-35(22)23-15-18(3)25(19(4)16-23)32-17-24(31)34-26(5,7-2)20-10-12-21(13-11-20)33-27(28,29)30/h1,7-16H,2,17H2,3-5H3/q+1. The van der Waals surface area contributed by atoms with Crippen LogP contribution in [0, 0.1) is 26.2 Å². The number of carbonyl (C=O) groups is 1. The van der Waals surface area contributed by atoms with Gasteiger partial charge in [0.05, 0.1) is 0 Å². The fourth-order valence-electron chi connectivity index (χ4n) is 3.54. The van der Waals surface area contributed by atoms with E-state index in [0.29, 0.717) is 11.3 Å². The quantitative estimate of drug-likeness (QED) is 0.145.